The Morgan fingerprint density at radius 3 is 2.57 bits per heavy atom. The molecule has 0 aromatic carbocycles. The monoisotopic (exact) mass is 437 g/mol. The largest absolute Gasteiger partial charge is 0.359 e. The van der Waals surface area contributed by atoms with E-state index in [1.807, 2.05) is 6.07 Å². The lowest BCUT2D eigenvalue weighted by Crippen LogP contribution is -2.42. The van der Waals surface area contributed by atoms with Gasteiger partial charge in [-0.15, -0.1) is 24.0 Å². The predicted molar refractivity (Wildman–Crippen MR) is 107 cm³/mol. The first-order chi connectivity index (χ1) is 10.5. The molecule has 0 fully saturated rings. The molecular formula is C16H32IN5O. The fourth-order valence-electron chi connectivity index (χ4n) is 1.96. The molecular weight excluding hydrogens is 405 g/mol. The second-order valence-corrected chi connectivity index (χ2v) is 5.96. The summed E-state index contributed by atoms with van der Waals surface area (Å²) in [5.41, 5.74) is 0.981. The predicted octanol–water partition coefficient (Wildman–Crippen LogP) is 2.81. The number of nitrogens with one attached hydrogen (secondary N) is 2. The summed E-state index contributed by atoms with van der Waals surface area (Å²) in [6.07, 6.45) is 1.16. The first-order valence-electron chi connectivity index (χ1n) is 8.08. The van der Waals surface area contributed by atoms with Crippen molar-refractivity contribution in [2.24, 2.45) is 4.99 Å². The lowest BCUT2D eigenvalue weighted by molar-refractivity contribution is 0.255. The van der Waals surface area contributed by atoms with E-state index in [1.54, 1.807) is 7.05 Å². The number of guanidine groups is 1. The van der Waals surface area contributed by atoms with Crippen LogP contribution in [0.15, 0.2) is 15.6 Å². The third-order valence-corrected chi connectivity index (χ3v) is 3.92. The third-order valence-electron chi connectivity index (χ3n) is 3.92. The van der Waals surface area contributed by atoms with Gasteiger partial charge >= 0.3 is 0 Å². The molecule has 1 atom stereocenters. The smallest absolute Gasteiger partial charge is 0.191 e. The number of aromatic nitrogens is 1. The molecule has 0 aliphatic heterocycles. The number of aliphatic imine (C=N–C) groups is 1. The summed E-state index contributed by atoms with van der Waals surface area (Å²) in [6.45, 7) is 11.1. The summed E-state index contributed by atoms with van der Waals surface area (Å²) in [6, 6.07) is 2.59. The second kappa shape index (κ2) is 11.7. The molecule has 0 amide bonds. The van der Waals surface area contributed by atoms with Crippen molar-refractivity contribution in [3.63, 3.8) is 0 Å². The van der Waals surface area contributed by atoms with Gasteiger partial charge in [-0.25, -0.2) is 0 Å². The van der Waals surface area contributed by atoms with E-state index in [0.717, 1.165) is 36.9 Å². The van der Waals surface area contributed by atoms with Gasteiger partial charge in [0, 0.05) is 32.2 Å². The Kier molecular flexibility index (Phi) is 11.2. The first kappa shape index (κ1) is 22.2. The molecule has 1 rings (SSSR count). The molecule has 0 radical (unpaired) electrons. The number of likely N-dealkylation sites (N-methyl/N-ethyl adjacent to an activating group) is 1. The Bertz CT molecular complexity index is 461. The molecule has 1 heterocycles. The summed E-state index contributed by atoms with van der Waals surface area (Å²) in [5.74, 6) is 1.98. The van der Waals surface area contributed by atoms with E-state index in [0.29, 0.717) is 18.5 Å². The average molecular weight is 437 g/mol. The zero-order chi connectivity index (χ0) is 16.5. The summed E-state index contributed by atoms with van der Waals surface area (Å²) in [7, 11) is 3.92. The molecule has 0 bridgehead atoms. The number of halogens is 1. The molecule has 0 aliphatic carbocycles. The van der Waals surface area contributed by atoms with Crippen LogP contribution in [0, 0.1) is 0 Å². The van der Waals surface area contributed by atoms with Crippen LogP contribution < -0.4 is 10.6 Å². The average Bonchev–Trinajstić information content (AvgIpc) is 2.98. The van der Waals surface area contributed by atoms with Crippen molar-refractivity contribution in [3.05, 3.63) is 17.5 Å². The minimum atomic E-state index is 0. The van der Waals surface area contributed by atoms with Gasteiger partial charge in [-0.2, -0.15) is 0 Å². The summed E-state index contributed by atoms with van der Waals surface area (Å²) in [4.78, 5) is 6.56. The van der Waals surface area contributed by atoms with Crippen molar-refractivity contribution in [2.75, 3.05) is 27.2 Å². The SMILES string of the molecule is CCC(C)N(C)CCNC(=NC)NCc1cc(C(C)C)no1.I. The molecule has 1 aromatic heterocycles. The van der Waals surface area contributed by atoms with Crippen LogP contribution in [-0.2, 0) is 6.54 Å². The van der Waals surface area contributed by atoms with Crippen LogP contribution in [-0.4, -0.2) is 49.2 Å². The van der Waals surface area contributed by atoms with Gasteiger partial charge in [0.25, 0.3) is 0 Å². The van der Waals surface area contributed by atoms with Gasteiger partial charge < -0.3 is 20.1 Å². The molecule has 0 spiro atoms. The van der Waals surface area contributed by atoms with Crippen LogP contribution in [0.4, 0.5) is 0 Å². The normalized spacial score (nSPS) is 13.1. The highest BCUT2D eigenvalue weighted by Crippen LogP contribution is 2.13. The van der Waals surface area contributed by atoms with E-state index in [-0.39, 0.29) is 24.0 Å². The van der Waals surface area contributed by atoms with E-state index in [4.69, 9.17) is 4.52 Å². The second-order valence-electron chi connectivity index (χ2n) is 5.96. The van der Waals surface area contributed by atoms with Crippen molar-refractivity contribution < 1.29 is 4.52 Å². The van der Waals surface area contributed by atoms with Crippen LogP contribution in [0.25, 0.3) is 0 Å². The Hall–Kier alpha value is -0.830. The molecule has 23 heavy (non-hydrogen) atoms. The number of hydrogen-bond acceptors (Lipinski definition) is 4. The molecule has 0 aliphatic rings. The highest BCUT2D eigenvalue weighted by Gasteiger charge is 2.09. The molecule has 1 aromatic rings. The Balaban J connectivity index is 0.00000484. The van der Waals surface area contributed by atoms with Gasteiger partial charge in [0.2, 0.25) is 0 Å². The van der Waals surface area contributed by atoms with Gasteiger partial charge in [0.05, 0.1) is 12.2 Å². The van der Waals surface area contributed by atoms with E-state index in [1.165, 1.54) is 0 Å². The lowest BCUT2D eigenvalue weighted by atomic mass is 10.1. The van der Waals surface area contributed by atoms with Gasteiger partial charge in [0.1, 0.15) is 0 Å². The van der Waals surface area contributed by atoms with E-state index >= 15 is 0 Å². The van der Waals surface area contributed by atoms with Gasteiger partial charge in [0.15, 0.2) is 11.7 Å². The topological polar surface area (TPSA) is 65.7 Å². The van der Waals surface area contributed by atoms with Crippen molar-refractivity contribution in [3.8, 4) is 0 Å². The lowest BCUT2D eigenvalue weighted by Gasteiger charge is -2.23. The first-order valence-corrected chi connectivity index (χ1v) is 8.08. The van der Waals surface area contributed by atoms with Crippen LogP contribution in [0.3, 0.4) is 0 Å². The highest BCUT2D eigenvalue weighted by molar-refractivity contribution is 14.0. The molecule has 134 valence electrons. The Morgan fingerprint density at radius 2 is 2.04 bits per heavy atom. The van der Waals surface area contributed by atoms with Gasteiger partial charge in [-0.05, 0) is 26.3 Å². The standard InChI is InChI=1S/C16H31N5O.HI/c1-7-13(4)21(6)9-8-18-16(17-5)19-11-14-10-15(12(2)3)20-22-14;/h10,12-13H,7-9,11H2,1-6H3,(H2,17,18,19);1H. The third kappa shape index (κ3) is 8.01. The van der Waals surface area contributed by atoms with E-state index in [2.05, 4.69) is 60.4 Å². The fraction of sp³-hybridized carbons (Fsp3) is 0.750. The molecule has 1 unspecified atom stereocenters. The van der Waals surface area contributed by atoms with E-state index in [9.17, 15) is 0 Å². The van der Waals surface area contributed by atoms with Crippen molar-refractivity contribution in [1.29, 1.82) is 0 Å². The minimum Gasteiger partial charge on any atom is -0.359 e. The van der Waals surface area contributed by atoms with Crippen molar-refractivity contribution in [2.45, 2.75) is 52.6 Å². The van der Waals surface area contributed by atoms with E-state index < -0.39 is 0 Å². The number of nitrogens with zero attached hydrogens (tertiary/aromatic N) is 3. The number of rotatable bonds is 8. The maximum Gasteiger partial charge on any atom is 0.191 e. The quantitative estimate of drug-likeness (QED) is 0.372. The summed E-state index contributed by atoms with van der Waals surface area (Å²) >= 11 is 0. The van der Waals surface area contributed by atoms with Crippen LogP contribution in [0.5, 0.6) is 0 Å². The van der Waals surface area contributed by atoms with Crippen LogP contribution in [0.1, 0.15) is 51.5 Å². The Morgan fingerprint density at radius 1 is 1.35 bits per heavy atom. The molecule has 0 saturated carbocycles. The minimum absolute atomic E-state index is 0. The maximum atomic E-state index is 5.31. The molecule has 6 nitrogen and oxygen atoms in total. The van der Waals surface area contributed by atoms with Crippen molar-refractivity contribution >= 4 is 29.9 Å². The molecule has 0 saturated heterocycles. The molecule has 7 heteroatoms. The van der Waals surface area contributed by atoms with Crippen LogP contribution in [0.2, 0.25) is 0 Å². The van der Waals surface area contributed by atoms with Crippen molar-refractivity contribution in [1.82, 2.24) is 20.7 Å². The maximum absolute atomic E-state index is 5.31. The zero-order valence-electron chi connectivity index (χ0n) is 15.2. The fourth-order valence-corrected chi connectivity index (χ4v) is 1.96. The Labute approximate surface area is 157 Å². The van der Waals surface area contributed by atoms with Gasteiger partial charge in [-0.1, -0.05) is 25.9 Å². The zero-order valence-corrected chi connectivity index (χ0v) is 17.5. The summed E-state index contributed by atoms with van der Waals surface area (Å²) in [5, 5.41) is 10.6. The molecule has 2 N–H and O–H groups in total. The van der Waals surface area contributed by atoms with Gasteiger partial charge in [-0.3, -0.25) is 4.99 Å². The summed E-state index contributed by atoms with van der Waals surface area (Å²) < 4.78 is 5.31. The highest BCUT2D eigenvalue weighted by atomic mass is 127. The number of hydrogen-bond donors (Lipinski definition) is 2. The van der Waals surface area contributed by atoms with Crippen LogP contribution >= 0.6 is 24.0 Å².